The fourth-order valence-electron chi connectivity index (χ4n) is 2.87. The number of nitrogens with zero attached hydrogens (tertiary/aromatic N) is 2. The molecule has 0 unspecified atom stereocenters. The molecule has 136 valence electrons. The Morgan fingerprint density at radius 3 is 2.44 bits per heavy atom. The predicted molar refractivity (Wildman–Crippen MR) is 108 cm³/mol. The van der Waals surface area contributed by atoms with Gasteiger partial charge in [0, 0.05) is 23.6 Å². The first-order valence-corrected chi connectivity index (χ1v) is 10.1. The van der Waals surface area contributed by atoms with Crippen LogP contribution in [0.4, 0.5) is 5.69 Å². The number of hydrogen-bond acceptors (Lipinski definition) is 3. The SMILES string of the molecule is Cc1cccn2cc(-c3ccc(NS(=O)(=O)c4ccccc4Cl)cc3)nc12. The van der Waals surface area contributed by atoms with Crippen molar-refractivity contribution in [2.45, 2.75) is 11.8 Å². The molecule has 0 amide bonds. The van der Waals surface area contributed by atoms with Crippen molar-refractivity contribution < 1.29 is 8.42 Å². The molecule has 0 spiro atoms. The Morgan fingerprint density at radius 1 is 1.00 bits per heavy atom. The first-order chi connectivity index (χ1) is 12.9. The smallest absolute Gasteiger partial charge is 0.263 e. The lowest BCUT2D eigenvalue weighted by molar-refractivity contribution is 0.601. The number of anilines is 1. The van der Waals surface area contributed by atoms with Crippen LogP contribution >= 0.6 is 11.6 Å². The highest BCUT2D eigenvalue weighted by Gasteiger charge is 2.17. The maximum Gasteiger partial charge on any atom is 0.263 e. The number of hydrogen-bond donors (Lipinski definition) is 1. The van der Waals surface area contributed by atoms with Crippen molar-refractivity contribution >= 4 is 33.0 Å². The van der Waals surface area contributed by atoms with Crippen molar-refractivity contribution in [3.05, 3.63) is 83.6 Å². The van der Waals surface area contributed by atoms with Crippen LogP contribution in [0.3, 0.4) is 0 Å². The normalized spacial score (nSPS) is 11.6. The standard InChI is InChI=1S/C20H16ClN3O2S/c1-14-5-4-12-24-13-18(22-20(14)24)15-8-10-16(11-9-15)23-27(25,26)19-7-3-2-6-17(19)21/h2-13,23H,1H3. The zero-order valence-corrected chi connectivity index (χ0v) is 16.0. The van der Waals surface area contributed by atoms with Gasteiger partial charge in [0.1, 0.15) is 10.5 Å². The Kier molecular flexibility index (Phi) is 4.37. The van der Waals surface area contributed by atoms with Crippen molar-refractivity contribution in [1.29, 1.82) is 0 Å². The van der Waals surface area contributed by atoms with Crippen molar-refractivity contribution in [3.63, 3.8) is 0 Å². The molecule has 27 heavy (non-hydrogen) atoms. The molecule has 1 N–H and O–H groups in total. The molecule has 4 aromatic rings. The lowest BCUT2D eigenvalue weighted by Crippen LogP contribution is -2.13. The van der Waals surface area contributed by atoms with Gasteiger partial charge >= 0.3 is 0 Å². The summed E-state index contributed by atoms with van der Waals surface area (Å²) >= 11 is 6.00. The summed E-state index contributed by atoms with van der Waals surface area (Å²) in [5.74, 6) is 0. The van der Waals surface area contributed by atoms with Crippen LogP contribution in [0.15, 0.2) is 78.0 Å². The molecule has 5 nitrogen and oxygen atoms in total. The van der Waals surface area contributed by atoms with Crippen LogP contribution < -0.4 is 4.72 Å². The third-order valence-electron chi connectivity index (χ3n) is 4.24. The number of benzene rings is 2. The zero-order chi connectivity index (χ0) is 19.0. The summed E-state index contributed by atoms with van der Waals surface area (Å²) in [6.07, 6.45) is 3.90. The third-order valence-corrected chi connectivity index (χ3v) is 6.12. The first-order valence-electron chi connectivity index (χ1n) is 8.26. The van der Waals surface area contributed by atoms with Gasteiger partial charge in [-0.2, -0.15) is 0 Å². The molecule has 0 atom stereocenters. The largest absolute Gasteiger partial charge is 0.306 e. The van der Waals surface area contributed by atoms with Crippen molar-refractivity contribution in [3.8, 4) is 11.3 Å². The topological polar surface area (TPSA) is 63.5 Å². The van der Waals surface area contributed by atoms with Crippen LogP contribution in [0, 0.1) is 6.92 Å². The highest BCUT2D eigenvalue weighted by atomic mass is 35.5. The van der Waals surface area contributed by atoms with Crippen LogP contribution in [0.25, 0.3) is 16.9 Å². The molecular weight excluding hydrogens is 382 g/mol. The second-order valence-electron chi connectivity index (χ2n) is 6.16. The predicted octanol–water partition coefficient (Wildman–Crippen LogP) is 4.76. The highest BCUT2D eigenvalue weighted by Crippen LogP contribution is 2.26. The molecule has 7 heteroatoms. The Labute approximate surface area is 162 Å². The third kappa shape index (κ3) is 3.41. The fourth-order valence-corrected chi connectivity index (χ4v) is 4.45. The van der Waals surface area contributed by atoms with E-state index in [0.717, 1.165) is 22.5 Å². The van der Waals surface area contributed by atoms with Gasteiger partial charge in [-0.1, -0.05) is 41.9 Å². The minimum atomic E-state index is -3.75. The second-order valence-corrected chi connectivity index (χ2v) is 8.22. The molecule has 0 aliphatic carbocycles. The van der Waals surface area contributed by atoms with Gasteiger partial charge in [0.15, 0.2) is 0 Å². The first kappa shape index (κ1) is 17.6. The van der Waals surface area contributed by atoms with Crippen molar-refractivity contribution in [1.82, 2.24) is 9.38 Å². The lowest BCUT2D eigenvalue weighted by Gasteiger charge is -2.09. The van der Waals surface area contributed by atoms with Crippen LogP contribution in [-0.4, -0.2) is 17.8 Å². The van der Waals surface area contributed by atoms with Crippen LogP contribution in [0.1, 0.15) is 5.56 Å². The van der Waals surface area contributed by atoms with Crippen molar-refractivity contribution in [2.75, 3.05) is 4.72 Å². The van der Waals surface area contributed by atoms with E-state index in [9.17, 15) is 8.42 Å². The average molecular weight is 398 g/mol. The van der Waals surface area contributed by atoms with Gasteiger partial charge in [0.05, 0.1) is 10.7 Å². The summed E-state index contributed by atoms with van der Waals surface area (Å²) in [6, 6.07) is 17.4. The van der Waals surface area contributed by atoms with E-state index in [2.05, 4.69) is 9.71 Å². The second kappa shape index (κ2) is 6.72. The average Bonchev–Trinajstić information content (AvgIpc) is 3.08. The van der Waals surface area contributed by atoms with E-state index in [0.29, 0.717) is 5.69 Å². The van der Waals surface area contributed by atoms with Gasteiger partial charge in [-0.15, -0.1) is 0 Å². The maximum absolute atomic E-state index is 12.5. The van der Waals surface area contributed by atoms with E-state index >= 15 is 0 Å². The number of imidazole rings is 1. The van der Waals surface area contributed by atoms with E-state index in [1.807, 2.05) is 48.0 Å². The van der Waals surface area contributed by atoms with E-state index in [-0.39, 0.29) is 9.92 Å². The molecule has 0 aliphatic heterocycles. The molecule has 0 bridgehead atoms. The molecule has 2 aromatic carbocycles. The van der Waals surface area contributed by atoms with Crippen LogP contribution in [0.2, 0.25) is 5.02 Å². The molecule has 0 saturated heterocycles. The van der Waals surface area contributed by atoms with Gasteiger partial charge in [-0.05, 0) is 42.8 Å². The van der Waals surface area contributed by atoms with Gasteiger partial charge < -0.3 is 4.40 Å². The summed E-state index contributed by atoms with van der Waals surface area (Å²) in [5.41, 5.74) is 4.17. The van der Waals surface area contributed by atoms with Crippen LogP contribution in [0.5, 0.6) is 0 Å². The number of sulfonamides is 1. The summed E-state index contributed by atoms with van der Waals surface area (Å²) in [7, 11) is -3.75. The van der Waals surface area contributed by atoms with E-state index in [1.165, 1.54) is 6.07 Å². The van der Waals surface area contributed by atoms with Gasteiger partial charge in [-0.25, -0.2) is 13.4 Å². The number of rotatable bonds is 4. The number of aryl methyl sites for hydroxylation is 1. The fraction of sp³-hybridized carbons (Fsp3) is 0.0500. The number of halogens is 1. The van der Waals surface area contributed by atoms with Crippen LogP contribution in [-0.2, 0) is 10.0 Å². The Balaban J connectivity index is 1.62. The number of aromatic nitrogens is 2. The number of fused-ring (bicyclic) bond motifs is 1. The molecular formula is C20H16ClN3O2S. The van der Waals surface area contributed by atoms with E-state index in [1.54, 1.807) is 30.3 Å². The lowest BCUT2D eigenvalue weighted by atomic mass is 10.1. The number of nitrogens with one attached hydrogen (secondary N) is 1. The highest BCUT2D eigenvalue weighted by molar-refractivity contribution is 7.92. The van der Waals surface area contributed by atoms with Gasteiger partial charge in [0.2, 0.25) is 0 Å². The summed E-state index contributed by atoms with van der Waals surface area (Å²) in [6.45, 7) is 2.01. The summed E-state index contributed by atoms with van der Waals surface area (Å²) < 4.78 is 29.6. The molecule has 0 aliphatic rings. The van der Waals surface area contributed by atoms with E-state index in [4.69, 9.17) is 11.6 Å². The molecule has 2 aromatic heterocycles. The maximum atomic E-state index is 12.5. The minimum Gasteiger partial charge on any atom is -0.306 e. The summed E-state index contributed by atoms with van der Waals surface area (Å²) in [5, 5.41) is 0.182. The minimum absolute atomic E-state index is 0.0477. The molecule has 0 radical (unpaired) electrons. The monoisotopic (exact) mass is 397 g/mol. The van der Waals surface area contributed by atoms with E-state index < -0.39 is 10.0 Å². The Hall–Kier alpha value is -2.83. The van der Waals surface area contributed by atoms with Gasteiger partial charge in [-0.3, -0.25) is 4.72 Å². The van der Waals surface area contributed by atoms with Crippen molar-refractivity contribution in [2.24, 2.45) is 0 Å². The zero-order valence-electron chi connectivity index (χ0n) is 14.4. The molecule has 4 rings (SSSR count). The van der Waals surface area contributed by atoms with Gasteiger partial charge in [0.25, 0.3) is 10.0 Å². The summed E-state index contributed by atoms with van der Waals surface area (Å²) in [4.78, 5) is 4.70. The molecule has 2 heterocycles. The molecule has 0 saturated carbocycles. The Morgan fingerprint density at radius 2 is 1.74 bits per heavy atom. The molecule has 0 fully saturated rings. The Bertz CT molecular complexity index is 1230. The quantitative estimate of drug-likeness (QED) is 0.539. The number of pyridine rings is 1.